The largest absolute Gasteiger partial charge is 0.493 e. The molecule has 180 valence electrons. The van der Waals surface area contributed by atoms with Crippen molar-refractivity contribution in [1.29, 1.82) is 0 Å². The molecule has 0 aliphatic carbocycles. The number of alkyl halides is 3. The fraction of sp³-hybridized carbons (Fsp3) is 0.261. The van der Waals surface area contributed by atoms with Gasteiger partial charge in [-0.2, -0.15) is 18.3 Å². The van der Waals surface area contributed by atoms with Gasteiger partial charge in [0.05, 0.1) is 37.6 Å². The minimum Gasteiger partial charge on any atom is -0.493 e. The van der Waals surface area contributed by atoms with Crippen LogP contribution in [0.2, 0.25) is 0 Å². The van der Waals surface area contributed by atoms with Crippen LogP contribution in [0.3, 0.4) is 0 Å². The summed E-state index contributed by atoms with van der Waals surface area (Å²) in [6.45, 7) is 1.94. The average molecular weight is 494 g/mol. The molecule has 3 aromatic rings. The molecule has 1 heterocycles. The first kappa shape index (κ1) is 25.0. The number of carbonyl (C=O) groups is 1. The lowest BCUT2D eigenvalue weighted by Gasteiger charge is -2.14. The zero-order chi connectivity index (χ0) is 24.6. The van der Waals surface area contributed by atoms with Crippen LogP contribution in [0.25, 0.3) is 0 Å². The molecule has 0 saturated carbocycles. The second-order valence-electron chi connectivity index (χ2n) is 6.86. The van der Waals surface area contributed by atoms with E-state index in [1.807, 2.05) is 0 Å². The molecule has 2 aromatic carbocycles. The number of benzene rings is 2. The third-order valence-electron chi connectivity index (χ3n) is 4.41. The zero-order valence-corrected chi connectivity index (χ0v) is 19.2. The van der Waals surface area contributed by atoms with Crippen LogP contribution < -0.4 is 14.9 Å². The van der Waals surface area contributed by atoms with Crippen LogP contribution in [0.15, 0.2) is 52.9 Å². The van der Waals surface area contributed by atoms with Gasteiger partial charge in [-0.15, -0.1) is 11.3 Å². The van der Waals surface area contributed by atoms with Gasteiger partial charge >= 0.3 is 12.1 Å². The first-order valence-corrected chi connectivity index (χ1v) is 11.0. The summed E-state index contributed by atoms with van der Waals surface area (Å²) in [7, 11) is 1.46. The topological polar surface area (TPSA) is 82.0 Å². The predicted molar refractivity (Wildman–Crippen MR) is 122 cm³/mol. The average Bonchev–Trinajstić information content (AvgIpc) is 3.24. The number of thiazole rings is 1. The highest BCUT2D eigenvalue weighted by atomic mass is 32.1. The third kappa shape index (κ3) is 6.95. The zero-order valence-electron chi connectivity index (χ0n) is 18.4. The quantitative estimate of drug-likeness (QED) is 0.235. The van der Waals surface area contributed by atoms with E-state index in [1.165, 1.54) is 30.7 Å². The van der Waals surface area contributed by atoms with Gasteiger partial charge in [-0.05, 0) is 36.8 Å². The molecule has 0 spiro atoms. The summed E-state index contributed by atoms with van der Waals surface area (Å²) in [6, 6.07) is 10.1. The van der Waals surface area contributed by atoms with E-state index < -0.39 is 11.7 Å². The predicted octanol–water partition coefficient (Wildman–Crippen LogP) is 5.30. The van der Waals surface area contributed by atoms with Crippen molar-refractivity contribution in [3.8, 4) is 11.5 Å². The Bertz CT molecular complexity index is 1150. The van der Waals surface area contributed by atoms with Gasteiger partial charge in [-0.1, -0.05) is 18.2 Å². The van der Waals surface area contributed by atoms with E-state index >= 15 is 0 Å². The van der Waals surface area contributed by atoms with Crippen molar-refractivity contribution < 1.29 is 32.2 Å². The fourth-order valence-electron chi connectivity index (χ4n) is 2.90. The maximum atomic E-state index is 13.0. The number of hydrazone groups is 1. The Morgan fingerprint density at radius 1 is 1.24 bits per heavy atom. The number of ether oxygens (including phenoxy) is 3. The van der Waals surface area contributed by atoms with Gasteiger partial charge in [0, 0.05) is 10.9 Å². The summed E-state index contributed by atoms with van der Waals surface area (Å²) in [4.78, 5) is 15.8. The number of anilines is 1. The lowest BCUT2D eigenvalue weighted by Crippen LogP contribution is -2.07. The molecule has 0 radical (unpaired) electrons. The van der Waals surface area contributed by atoms with Gasteiger partial charge in [0.15, 0.2) is 11.5 Å². The molecule has 0 bridgehead atoms. The number of methoxy groups -OCH3 is 1. The van der Waals surface area contributed by atoms with Crippen molar-refractivity contribution in [2.24, 2.45) is 5.10 Å². The lowest BCUT2D eigenvalue weighted by atomic mass is 10.1. The van der Waals surface area contributed by atoms with E-state index in [9.17, 15) is 18.0 Å². The highest BCUT2D eigenvalue weighted by Crippen LogP contribution is 2.32. The van der Waals surface area contributed by atoms with E-state index in [0.29, 0.717) is 40.1 Å². The Morgan fingerprint density at radius 2 is 2.03 bits per heavy atom. The maximum absolute atomic E-state index is 13.0. The van der Waals surface area contributed by atoms with Gasteiger partial charge in [0.1, 0.15) is 6.61 Å². The van der Waals surface area contributed by atoms with Gasteiger partial charge in [-0.3, -0.25) is 10.2 Å². The van der Waals surface area contributed by atoms with Crippen LogP contribution in [0.4, 0.5) is 18.3 Å². The number of halogens is 3. The summed E-state index contributed by atoms with van der Waals surface area (Å²) in [6.07, 6.45) is -2.88. The SMILES string of the molecule is CCOC(=O)Cc1csc(NN=Cc2cccc(OC)c2OCc2cccc(C(F)(F)F)c2)n1. The molecular formula is C23H22F3N3O4S. The summed E-state index contributed by atoms with van der Waals surface area (Å²) < 4.78 is 55.0. The van der Waals surface area contributed by atoms with Crippen LogP contribution in [-0.4, -0.2) is 30.9 Å². The summed E-state index contributed by atoms with van der Waals surface area (Å²) in [5.41, 5.74) is 3.51. The summed E-state index contributed by atoms with van der Waals surface area (Å²) in [5, 5.41) is 6.35. The van der Waals surface area contributed by atoms with Gasteiger partial charge in [-0.25, -0.2) is 4.98 Å². The standard InChI is InChI=1S/C23H22F3N3O4S/c1-3-32-20(30)11-18-14-34-22(28-18)29-27-12-16-7-5-9-19(31-2)21(16)33-13-15-6-4-8-17(10-15)23(24,25)26/h4-10,12,14H,3,11,13H2,1-2H3,(H,28,29). The second-order valence-corrected chi connectivity index (χ2v) is 7.72. The van der Waals surface area contributed by atoms with Gasteiger partial charge in [0.25, 0.3) is 0 Å². The molecule has 0 aliphatic rings. The number of para-hydroxylation sites is 1. The molecule has 1 N–H and O–H groups in total. The number of hydrogen-bond donors (Lipinski definition) is 1. The lowest BCUT2D eigenvalue weighted by molar-refractivity contribution is -0.142. The second kappa shape index (κ2) is 11.5. The normalized spacial score (nSPS) is 11.4. The molecule has 34 heavy (non-hydrogen) atoms. The highest BCUT2D eigenvalue weighted by Gasteiger charge is 2.30. The van der Waals surface area contributed by atoms with Crippen molar-refractivity contribution in [3.63, 3.8) is 0 Å². The smallest absolute Gasteiger partial charge is 0.416 e. The molecule has 1 aromatic heterocycles. The maximum Gasteiger partial charge on any atom is 0.416 e. The van der Waals surface area contributed by atoms with Crippen molar-refractivity contribution in [2.75, 3.05) is 19.1 Å². The Morgan fingerprint density at radius 3 is 2.76 bits per heavy atom. The third-order valence-corrected chi connectivity index (χ3v) is 5.21. The van der Waals surface area contributed by atoms with E-state index in [0.717, 1.165) is 12.1 Å². The summed E-state index contributed by atoms with van der Waals surface area (Å²) in [5.74, 6) is 0.374. The van der Waals surface area contributed by atoms with Crippen LogP contribution in [0, 0.1) is 0 Å². The summed E-state index contributed by atoms with van der Waals surface area (Å²) >= 11 is 1.28. The number of rotatable bonds is 10. The van der Waals surface area contributed by atoms with Crippen molar-refractivity contribution in [3.05, 3.63) is 70.2 Å². The monoisotopic (exact) mass is 493 g/mol. The first-order valence-electron chi connectivity index (χ1n) is 10.1. The molecule has 3 rings (SSSR count). The first-order chi connectivity index (χ1) is 16.3. The van der Waals surface area contributed by atoms with Gasteiger partial charge in [0.2, 0.25) is 5.13 Å². The van der Waals surface area contributed by atoms with Crippen LogP contribution in [-0.2, 0) is 28.7 Å². The Kier molecular flexibility index (Phi) is 8.47. The number of hydrogen-bond acceptors (Lipinski definition) is 8. The Labute approximate surface area is 198 Å². The van der Waals surface area contributed by atoms with Crippen molar-refractivity contribution in [1.82, 2.24) is 4.98 Å². The Hall–Kier alpha value is -3.60. The number of nitrogens with one attached hydrogen (secondary N) is 1. The number of nitrogens with zero attached hydrogens (tertiary/aromatic N) is 2. The minimum atomic E-state index is -4.43. The highest BCUT2D eigenvalue weighted by molar-refractivity contribution is 7.13. The fourth-order valence-corrected chi connectivity index (χ4v) is 3.56. The minimum absolute atomic E-state index is 0.0686. The number of aromatic nitrogens is 1. The molecule has 0 saturated heterocycles. The Balaban J connectivity index is 1.70. The van der Waals surface area contributed by atoms with Crippen LogP contribution >= 0.6 is 11.3 Å². The molecule has 0 fully saturated rings. The molecule has 11 heteroatoms. The van der Waals surface area contributed by atoms with E-state index in [2.05, 4.69) is 15.5 Å². The molecule has 0 unspecified atom stereocenters. The van der Waals surface area contributed by atoms with E-state index in [1.54, 1.807) is 36.6 Å². The molecule has 0 aliphatic heterocycles. The van der Waals surface area contributed by atoms with Crippen LogP contribution in [0.5, 0.6) is 11.5 Å². The number of carbonyl (C=O) groups excluding carboxylic acids is 1. The number of esters is 1. The molecule has 0 amide bonds. The van der Waals surface area contributed by atoms with E-state index in [-0.39, 0.29) is 19.0 Å². The molecule has 7 nitrogen and oxygen atoms in total. The van der Waals surface area contributed by atoms with Crippen LogP contribution in [0.1, 0.15) is 29.3 Å². The van der Waals surface area contributed by atoms with Crippen molar-refractivity contribution in [2.45, 2.75) is 26.1 Å². The molecular weight excluding hydrogens is 471 g/mol. The van der Waals surface area contributed by atoms with E-state index in [4.69, 9.17) is 14.2 Å². The molecule has 0 atom stereocenters. The van der Waals surface area contributed by atoms with Gasteiger partial charge < -0.3 is 14.2 Å². The van der Waals surface area contributed by atoms with Crippen molar-refractivity contribution >= 4 is 28.7 Å².